The highest BCUT2D eigenvalue weighted by atomic mass is 16.5. The summed E-state index contributed by atoms with van der Waals surface area (Å²) >= 11 is 0. The molecule has 2 aromatic rings. The predicted octanol–water partition coefficient (Wildman–Crippen LogP) is 2.03. The van der Waals surface area contributed by atoms with Crippen molar-refractivity contribution in [2.75, 3.05) is 6.54 Å². The molecule has 1 aromatic heterocycles. The van der Waals surface area contributed by atoms with Crippen LogP contribution in [0, 0.1) is 6.92 Å². The van der Waals surface area contributed by atoms with Gasteiger partial charge in [-0.2, -0.15) is 0 Å². The Balaban J connectivity index is 2.44. The Hall–Kier alpha value is -1.35. The lowest BCUT2D eigenvalue weighted by molar-refractivity contribution is 0.448. The molecule has 0 aliphatic carbocycles. The second-order valence-electron chi connectivity index (χ2n) is 3.45. The number of hydrogen-bond donors (Lipinski definition) is 1. The van der Waals surface area contributed by atoms with E-state index in [-0.39, 0.29) is 0 Å². The maximum absolute atomic E-state index is 5.48. The van der Waals surface area contributed by atoms with E-state index in [1.54, 1.807) is 0 Å². The monoisotopic (exact) mass is 190 g/mol. The van der Waals surface area contributed by atoms with E-state index in [0.29, 0.717) is 6.54 Å². The van der Waals surface area contributed by atoms with Gasteiger partial charge in [-0.1, -0.05) is 17.3 Å². The van der Waals surface area contributed by atoms with Gasteiger partial charge in [0.25, 0.3) is 0 Å². The Labute approximate surface area is 82.9 Å². The zero-order valence-corrected chi connectivity index (χ0v) is 8.29. The van der Waals surface area contributed by atoms with Crippen LogP contribution in [0.1, 0.15) is 17.7 Å². The summed E-state index contributed by atoms with van der Waals surface area (Å²) < 4.78 is 5.29. The van der Waals surface area contributed by atoms with Gasteiger partial charge in [0.05, 0.1) is 5.69 Å². The third-order valence-electron chi connectivity index (χ3n) is 2.41. The van der Waals surface area contributed by atoms with Gasteiger partial charge in [-0.3, -0.25) is 0 Å². The molecular weight excluding hydrogens is 176 g/mol. The molecule has 1 heterocycles. The van der Waals surface area contributed by atoms with E-state index < -0.39 is 0 Å². The topological polar surface area (TPSA) is 52.0 Å². The Morgan fingerprint density at radius 3 is 3.07 bits per heavy atom. The highest BCUT2D eigenvalue weighted by Crippen LogP contribution is 2.22. The minimum atomic E-state index is 0.712. The molecule has 0 saturated heterocycles. The molecule has 3 nitrogen and oxygen atoms in total. The van der Waals surface area contributed by atoms with Crippen molar-refractivity contribution in [2.45, 2.75) is 19.8 Å². The molecule has 14 heavy (non-hydrogen) atoms. The van der Waals surface area contributed by atoms with Gasteiger partial charge < -0.3 is 10.3 Å². The van der Waals surface area contributed by atoms with Gasteiger partial charge in [0.2, 0.25) is 0 Å². The summed E-state index contributed by atoms with van der Waals surface area (Å²) in [5.41, 5.74) is 8.55. The van der Waals surface area contributed by atoms with E-state index in [4.69, 9.17) is 10.3 Å². The van der Waals surface area contributed by atoms with E-state index in [2.05, 4.69) is 11.2 Å². The Kier molecular flexibility index (Phi) is 2.50. The van der Waals surface area contributed by atoms with Crippen LogP contribution in [-0.2, 0) is 6.42 Å². The normalized spacial score (nSPS) is 11.0. The molecule has 0 unspecified atom stereocenters. The first-order valence-corrected chi connectivity index (χ1v) is 4.87. The van der Waals surface area contributed by atoms with Crippen LogP contribution in [0.25, 0.3) is 11.0 Å². The number of rotatable bonds is 3. The van der Waals surface area contributed by atoms with E-state index >= 15 is 0 Å². The van der Waals surface area contributed by atoms with E-state index in [0.717, 1.165) is 29.5 Å². The first kappa shape index (κ1) is 9.21. The second-order valence-corrected chi connectivity index (χ2v) is 3.45. The van der Waals surface area contributed by atoms with Crippen molar-refractivity contribution in [3.8, 4) is 0 Å². The zero-order chi connectivity index (χ0) is 9.97. The van der Waals surface area contributed by atoms with Crippen LogP contribution in [0.15, 0.2) is 22.7 Å². The number of para-hydroxylation sites is 1. The standard InChI is InChI=1S/C11H14N2O/c1-8-10-6-2-4-9(5-3-7-12)11(10)14-13-8/h2,4,6H,3,5,7,12H2,1H3. The maximum Gasteiger partial charge on any atom is 0.170 e. The highest BCUT2D eigenvalue weighted by Gasteiger charge is 2.07. The van der Waals surface area contributed by atoms with Crippen molar-refractivity contribution >= 4 is 11.0 Å². The van der Waals surface area contributed by atoms with Crippen LogP contribution in [0.2, 0.25) is 0 Å². The fourth-order valence-corrected chi connectivity index (χ4v) is 1.63. The van der Waals surface area contributed by atoms with Crippen LogP contribution in [0.5, 0.6) is 0 Å². The molecule has 0 aliphatic heterocycles. The summed E-state index contributed by atoms with van der Waals surface area (Å²) in [6.07, 6.45) is 1.95. The van der Waals surface area contributed by atoms with Crippen molar-refractivity contribution in [1.82, 2.24) is 5.16 Å². The highest BCUT2D eigenvalue weighted by molar-refractivity contribution is 5.82. The van der Waals surface area contributed by atoms with Gasteiger partial charge in [0.1, 0.15) is 0 Å². The van der Waals surface area contributed by atoms with E-state index in [1.807, 2.05) is 19.1 Å². The average Bonchev–Trinajstić information content (AvgIpc) is 2.58. The van der Waals surface area contributed by atoms with Crippen LogP contribution >= 0.6 is 0 Å². The number of nitrogens with two attached hydrogens (primary N) is 1. The Morgan fingerprint density at radius 1 is 1.43 bits per heavy atom. The molecule has 3 heteroatoms. The number of aromatic nitrogens is 1. The molecule has 2 N–H and O–H groups in total. The van der Waals surface area contributed by atoms with Gasteiger partial charge in [0, 0.05) is 5.39 Å². The van der Waals surface area contributed by atoms with Crippen molar-refractivity contribution in [1.29, 1.82) is 0 Å². The predicted molar refractivity (Wildman–Crippen MR) is 56.1 cm³/mol. The lowest BCUT2D eigenvalue weighted by Crippen LogP contribution is -2.00. The molecule has 0 aliphatic rings. The molecular formula is C11H14N2O. The first-order valence-electron chi connectivity index (χ1n) is 4.87. The lowest BCUT2D eigenvalue weighted by atomic mass is 10.1. The molecule has 0 saturated carbocycles. The third-order valence-corrected chi connectivity index (χ3v) is 2.41. The summed E-state index contributed by atoms with van der Waals surface area (Å²) in [5.74, 6) is 0. The molecule has 0 fully saturated rings. The Morgan fingerprint density at radius 2 is 2.29 bits per heavy atom. The van der Waals surface area contributed by atoms with E-state index in [1.165, 1.54) is 5.56 Å². The maximum atomic E-state index is 5.48. The number of nitrogens with zero attached hydrogens (tertiary/aromatic N) is 1. The third kappa shape index (κ3) is 1.51. The smallest absolute Gasteiger partial charge is 0.170 e. The largest absolute Gasteiger partial charge is 0.356 e. The van der Waals surface area contributed by atoms with Gasteiger partial charge in [-0.15, -0.1) is 0 Å². The lowest BCUT2D eigenvalue weighted by Gasteiger charge is -1.99. The van der Waals surface area contributed by atoms with Crippen LogP contribution in [0.3, 0.4) is 0 Å². The van der Waals surface area contributed by atoms with E-state index in [9.17, 15) is 0 Å². The van der Waals surface area contributed by atoms with Crippen molar-refractivity contribution in [3.05, 3.63) is 29.5 Å². The first-order chi connectivity index (χ1) is 6.83. The van der Waals surface area contributed by atoms with Crippen molar-refractivity contribution in [3.63, 3.8) is 0 Å². The molecule has 2 rings (SSSR count). The molecule has 1 aromatic carbocycles. The Bertz CT molecular complexity index is 434. The van der Waals surface area contributed by atoms with Crippen molar-refractivity contribution in [2.24, 2.45) is 5.73 Å². The molecule has 0 radical (unpaired) electrons. The number of hydrogen-bond acceptors (Lipinski definition) is 3. The summed E-state index contributed by atoms with van der Waals surface area (Å²) in [5, 5.41) is 5.07. The molecule has 0 atom stereocenters. The summed E-state index contributed by atoms with van der Waals surface area (Å²) in [6, 6.07) is 6.15. The van der Waals surface area contributed by atoms with Gasteiger partial charge >= 0.3 is 0 Å². The van der Waals surface area contributed by atoms with Crippen molar-refractivity contribution < 1.29 is 4.52 Å². The molecule has 0 bridgehead atoms. The fourth-order valence-electron chi connectivity index (χ4n) is 1.63. The number of fused-ring (bicyclic) bond motifs is 1. The van der Waals surface area contributed by atoms with Crippen LogP contribution in [-0.4, -0.2) is 11.7 Å². The van der Waals surface area contributed by atoms with Gasteiger partial charge in [-0.05, 0) is 37.9 Å². The molecule has 74 valence electrons. The quantitative estimate of drug-likeness (QED) is 0.805. The molecule has 0 amide bonds. The van der Waals surface area contributed by atoms with Crippen LogP contribution in [0.4, 0.5) is 0 Å². The number of benzene rings is 1. The summed E-state index contributed by atoms with van der Waals surface area (Å²) in [4.78, 5) is 0. The zero-order valence-electron chi connectivity index (χ0n) is 8.29. The fraction of sp³-hybridized carbons (Fsp3) is 0.364. The van der Waals surface area contributed by atoms with Gasteiger partial charge in [-0.25, -0.2) is 0 Å². The van der Waals surface area contributed by atoms with Crippen LogP contribution < -0.4 is 5.73 Å². The second kappa shape index (κ2) is 3.80. The molecule has 0 spiro atoms. The van der Waals surface area contributed by atoms with Gasteiger partial charge in [0.15, 0.2) is 5.58 Å². The minimum absolute atomic E-state index is 0.712. The summed E-state index contributed by atoms with van der Waals surface area (Å²) in [6.45, 7) is 2.67. The summed E-state index contributed by atoms with van der Waals surface area (Å²) in [7, 11) is 0. The minimum Gasteiger partial charge on any atom is -0.356 e. The SMILES string of the molecule is Cc1noc2c(CCCN)cccc12. The number of aryl methyl sites for hydroxylation is 2. The average molecular weight is 190 g/mol.